The lowest BCUT2D eigenvalue weighted by Gasteiger charge is -2.36. The average molecular weight is 470 g/mol. The summed E-state index contributed by atoms with van der Waals surface area (Å²) >= 11 is 0. The Hall–Kier alpha value is -3.56. The topological polar surface area (TPSA) is 66.3 Å². The van der Waals surface area contributed by atoms with Gasteiger partial charge in [-0.05, 0) is 43.5 Å². The van der Waals surface area contributed by atoms with E-state index in [-0.39, 0.29) is 12.1 Å². The Morgan fingerprint density at radius 2 is 2.06 bits per heavy atom. The quantitative estimate of drug-likeness (QED) is 0.537. The predicted octanol–water partition coefficient (Wildman–Crippen LogP) is 4.55. The summed E-state index contributed by atoms with van der Waals surface area (Å²) in [6.45, 7) is 2.91. The van der Waals surface area contributed by atoms with E-state index >= 15 is 0 Å². The highest BCUT2D eigenvalue weighted by Gasteiger charge is 2.40. The highest BCUT2D eigenvalue weighted by Crippen LogP contribution is 2.40. The van der Waals surface area contributed by atoms with Crippen LogP contribution in [0.15, 0.2) is 55.1 Å². The third-order valence-electron chi connectivity index (χ3n) is 6.33. The molecule has 4 heterocycles. The molecule has 0 saturated carbocycles. The van der Waals surface area contributed by atoms with E-state index in [1.807, 2.05) is 16.8 Å². The third kappa shape index (κ3) is 4.44. The zero-order valence-electron chi connectivity index (χ0n) is 18.5. The molecule has 0 unspecified atom stereocenters. The van der Waals surface area contributed by atoms with E-state index in [4.69, 9.17) is 0 Å². The normalized spacial score (nSPS) is 17.1. The second-order valence-corrected chi connectivity index (χ2v) is 8.62. The molecule has 1 saturated heterocycles. The van der Waals surface area contributed by atoms with Gasteiger partial charge in [-0.15, -0.1) is 0 Å². The number of aryl methyl sites for hydroxylation is 1. The Labute approximate surface area is 195 Å². The number of benzene rings is 1. The molecule has 0 aliphatic carbocycles. The van der Waals surface area contributed by atoms with Gasteiger partial charge in [0.15, 0.2) is 5.82 Å². The maximum Gasteiger partial charge on any atom is 0.416 e. The Balaban J connectivity index is 1.33. The van der Waals surface area contributed by atoms with Gasteiger partial charge >= 0.3 is 12.2 Å². The second-order valence-electron chi connectivity index (χ2n) is 8.62. The summed E-state index contributed by atoms with van der Waals surface area (Å²) in [5.41, 5.74) is 0.884. The number of nitrogens with zero attached hydrogens (tertiary/aromatic N) is 5. The number of aromatic nitrogens is 3. The summed E-state index contributed by atoms with van der Waals surface area (Å²) in [5.74, 6) is 0.500. The van der Waals surface area contributed by atoms with E-state index in [9.17, 15) is 18.0 Å². The highest BCUT2D eigenvalue weighted by molar-refractivity contribution is 5.97. The molecule has 1 N–H and O–H groups in total. The zero-order chi connectivity index (χ0) is 23.7. The Morgan fingerprint density at radius 3 is 2.85 bits per heavy atom. The number of halogens is 3. The van der Waals surface area contributed by atoms with Crippen LogP contribution in [0, 0.1) is 0 Å². The number of carbonyl (C=O) groups is 1. The van der Waals surface area contributed by atoms with Crippen LogP contribution in [0.5, 0.6) is 0 Å². The van der Waals surface area contributed by atoms with E-state index in [1.54, 1.807) is 29.6 Å². The lowest BCUT2D eigenvalue weighted by molar-refractivity contribution is -0.137. The molecule has 34 heavy (non-hydrogen) atoms. The van der Waals surface area contributed by atoms with Crippen LogP contribution >= 0.6 is 0 Å². The summed E-state index contributed by atoms with van der Waals surface area (Å²) in [6, 6.07) is 8.46. The van der Waals surface area contributed by atoms with Crippen LogP contribution < -0.4 is 15.1 Å². The summed E-state index contributed by atoms with van der Waals surface area (Å²) < 4.78 is 41.6. The van der Waals surface area contributed by atoms with Gasteiger partial charge in [0.2, 0.25) is 0 Å². The maximum atomic E-state index is 13.2. The number of anilines is 2. The molecule has 0 radical (unpaired) electrons. The highest BCUT2D eigenvalue weighted by atomic mass is 19.4. The van der Waals surface area contributed by atoms with Crippen LogP contribution in [0.4, 0.5) is 29.5 Å². The van der Waals surface area contributed by atoms with E-state index in [1.165, 1.54) is 6.07 Å². The van der Waals surface area contributed by atoms with Crippen molar-refractivity contribution in [2.24, 2.45) is 0 Å². The SMILES string of the molecule is O=C(NCCCCn1ccnc1)N1c2nc(-c3cccc(C(F)(F)F)c3)ccc2N2CC[C@H]1C2. The molecule has 7 nitrogen and oxygen atoms in total. The van der Waals surface area contributed by atoms with Gasteiger partial charge in [0.25, 0.3) is 0 Å². The van der Waals surface area contributed by atoms with Gasteiger partial charge in [-0.1, -0.05) is 12.1 Å². The van der Waals surface area contributed by atoms with Gasteiger partial charge in [0.05, 0.1) is 29.3 Å². The van der Waals surface area contributed by atoms with Gasteiger partial charge in [-0.3, -0.25) is 4.90 Å². The number of hydrogen-bond acceptors (Lipinski definition) is 4. The third-order valence-corrected chi connectivity index (χ3v) is 6.33. The standard InChI is InChI=1S/C24H25F3N6O/c25-24(26,27)18-5-3-4-17(14-18)20-6-7-21-22(30-20)33(19-8-12-32(21)15-19)23(34)29-9-1-2-11-31-13-10-28-16-31/h3-7,10,13-14,16,19H,1-2,8-9,11-12,15H2,(H,29,34)/t19-/m0/s1. The minimum Gasteiger partial charge on any atom is -0.366 e. The number of carbonyl (C=O) groups excluding carboxylic acids is 1. The van der Waals surface area contributed by atoms with Crippen molar-refractivity contribution in [3.05, 3.63) is 60.7 Å². The number of alkyl halides is 3. The molecular weight excluding hydrogens is 445 g/mol. The fourth-order valence-corrected chi connectivity index (χ4v) is 4.61. The maximum absolute atomic E-state index is 13.2. The zero-order valence-corrected chi connectivity index (χ0v) is 18.5. The summed E-state index contributed by atoms with van der Waals surface area (Å²) in [7, 11) is 0. The molecule has 2 bridgehead atoms. The van der Waals surface area contributed by atoms with Crippen molar-refractivity contribution in [2.75, 3.05) is 29.4 Å². The minimum atomic E-state index is -4.43. The van der Waals surface area contributed by atoms with Crippen LogP contribution in [0.2, 0.25) is 0 Å². The van der Waals surface area contributed by atoms with Gasteiger partial charge in [-0.2, -0.15) is 13.2 Å². The molecule has 2 aliphatic heterocycles. The summed E-state index contributed by atoms with van der Waals surface area (Å²) in [6.07, 6.45) is 3.52. The summed E-state index contributed by atoms with van der Waals surface area (Å²) in [4.78, 5) is 25.7. The molecule has 5 rings (SSSR count). The Bertz CT molecular complexity index is 1160. The number of pyridine rings is 1. The van der Waals surface area contributed by atoms with E-state index in [2.05, 4.69) is 20.2 Å². The molecule has 10 heteroatoms. The van der Waals surface area contributed by atoms with Gasteiger partial charge in [-0.25, -0.2) is 14.8 Å². The van der Waals surface area contributed by atoms with Crippen LogP contribution in [0.25, 0.3) is 11.3 Å². The minimum absolute atomic E-state index is 0.0114. The fraction of sp³-hybridized carbons (Fsp3) is 0.375. The monoisotopic (exact) mass is 470 g/mol. The van der Waals surface area contributed by atoms with Crippen molar-refractivity contribution in [1.82, 2.24) is 19.9 Å². The van der Waals surface area contributed by atoms with Crippen LogP contribution in [-0.2, 0) is 12.7 Å². The molecule has 178 valence electrons. The van der Waals surface area contributed by atoms with Crippen molar-refractivity contribution in [3.8, 4) is 11.3 Å². The summed E-state index contributed by atoms with van der Waals surface area (Å²) in [5, 5.41) is 3.00. The molecule has 3 aromatic rings. The lowest BCUT2D eigenvalue weighted by Crippen LogP contribution is -2.50. The van der Waals surface area contributed by atoms with Crippen molar-refractivity contribution >= 4 is 17.5 Å². The van der Waals surface area contributed by atoms with E-state index in [0.717, 1.165) is 56.7 Å². The first-order chi connectivity index (χ1) is 16.4. The molecule has 1 atom stereocenters. The Kier molecular flexibility index (Phi) is 5.89. The largest absolute Gasteiger partial charge is 0.416 e. The fourth-order valence-electron chi connectivity index (χ4n) is 4.61. The van der Waals surface area contributed by atoms with Crippen LogP contribution in [0.3, 0.4) is 0 Å². The molecule has 2 aromatic heterocycles. The number of hydrogen-bond donors (Lipinski definition) is 1. The smallest absolute Gasteiger partial charge is 0.366 e. The second kappa shape index (κ2) is 9.00. The molecule has 1 aromatic carbocycles. The lowest BCUT2D eigenvalue weighted by atomic mass is 10.1. The average Bonchev–Trinajstić information content (AvgIpc) is 3.49. The number of imidazole rings is 1. The van der Waals surface area contributed by atoms with Crippen molar-refractivity contribution in [1.29, 1.82) is 0 Å². The molecule has 0 spiro atoms. The number of amides is 2. The number of rotatable bonds is 6. The van der Waals surface area contributed by atoms with Gasteiger partial charge in [0, 0.05) is 44.1 Å². The molecule has 2 aliphatic rings. The first kappa shape index (κ1) is 22.2. The Morgan fingerprint density at radius 1 is 1.18 bits per heavy atom. The molecular formula is C24H25F3N6O. The van der Waals surface area contributed by atoms with Crippen LogP contribution in [-0.4, -0.2) is 46.2 Å². The van der Waals surface area contributed by atoms with Crippen molar-refractivity contribution in [2.45, 2.75) is 38.0 Å². The van der Waals surface area contributed by atoms with Gasteiger partial charge < -0.3 is 14.8 Å². The first-order valence-corrected chi connectivity index (χ1v) is 11.4. The molecule has 2 amide bonds. The predicted molar refractivity (Wildman–Crippen MR) is 123 cm³/mol. The van der Waals surface area contributed by atoms with Crippen molar-refractivity contribution < 1.29 is 18.0 Å². The van der Waals surface area contributed by atoms with Crippen LogP contribution in [0.1, 0.15) is 24.8 Å². The number of fused-ring (bicyclic) bond motifs is 4. The van der Waals surface area contributed by atoms with E-state index < -0.39 is 11.7 Å². The number of urea groups is 1. The first-order valence-electron chi connectivity index (χ1n) is 11.4. The number of nitrogens with one attached hydrogen (secondary N) is 1. The number of unbranched alkanes of at least 4 members (excludes halogenated alkanes) is 1. The van der Waals surface area contributed by atoms with E-state index in [0.29, 0.717) is 23.6 Å². The van der Waals surface area contributed by atoms with Gasteiger partial charge in [0.1, 0.15) is 0 Å². The van der Waals surface area contributed by atoms with Crippen molar-refractivity contribution in [3.63, 3.8) is 0 Å². The molecule has 1 fully saturated rings.